The molecule has 1 aromatic heterocycles. The van der Waals surface area contributed by atoms with E-state index < -0.39 is 12.7 Å². The van der Waals surface area contributed by atoms with Gasteiger partial charge in [-0.3, -0.25) is 9.58 Å². The molecule has 0 aliphatic heterocycles. The van der Waals surface area contributed by atoms with Crippen LogP contribution in [0.2, 0.25) is 0 Å². The molecule has 0 amide bonds. The van der Waals surface area contributed by atoms with Crippen molar-refractivity contribution in [2.75, 3.05) is 13.1 Å². The molecule has 2 rings (SSSR count). The molecule has 0 aromatic carbocycles. The van der Waals surface area contributed by atoms with Crippen LogP contribution in [-0.4, -0.2) is 45.2 Å². The number of nitrogens with two attached hydrogens (primary N) is 1. The largest absolute Gasteiger partial charge is 0.401 e. The molecular weight excluding hydrogens is 247 g/mol. The fourth-order valence-electron chi connectivity index (χ4n) is 1.83. The van der Waals surface area contributed by atoms with Crippen LogP contribution in [0.3, 0.4) is 0 Å². The number of rotatable bonds is 6. The topological polar surface area (TPSA) is 60.0 Å². The Morgan fingerprint density at radius 2 is 2.17 bits per heavy atom. The van der Waals surface area contributed by atoms with Crippen molar-refractivity contribution in [3.8, 4) is 0 Å². The summed E-state index contributed by atoms with van der Waals surface area (Å²) >= 11 is 0. The first-order chi connectivity index (χ1) is 8.48. The van der Waals surface area contributed by atoms with Crippen molar-refractivity contribution in [1.82, 2.24) is 19.9 Å². The van der Waals surface area contributed by atoms with Crippen molar-refractivity contribution in [3.63, 3.8) is 0 Å². The maximum atomic E-state index is 12.4. The minimum atomic E-state index is -4.15. The van der Waals surface area contributed by atoms with E-state index in [-0.39, 0.29) is 12.6 Å². The quantitative estimate of drug-likeness (QED) is 0.823. The van der Waals surface area contributed by atoms with Gasteiger partial charge in [0.05, 0.1) is 18.8 Å². The van der Waals surface area contributed by atoms with E-state index >= 15 is 0 Å². The molecule has 1 saturated carbocycles. The molecule has 1 aromatic rings. The van der Waals surface area contributed by atoms with E-state index in [0.29, 0.717) is 18.8 Å². The molecule has 1 heterocycles. The van der Waals surface area contributed by atoms with Crippen molar-refractivity contribution in [3.05, 3.63) is 11.9 Å². The maximum Gasteiger partial charge on any atom is 0.401 e. The highest BCUT2D eigenvalue weighted by molar-refractivity contribution is 4.91. The van der Waals surface area contributed by atoms with E-state index in [9.17, 15) is 13.2 Å². The van der Waals surface area contributed by atoms with Gasteiger partial charge in [0.25, 0.3) is 0 Å². The van der Waals surface area contributed by atoms with Crippen LogP contribution in [-0.2, 0) is 13.1 Å². The summed E-state index contributed by atoms with van der Waals surface area (Å²) < 4.78 is 38.7. The highest BCUT2D eigenvalue weighted by atomic mass is 19.4. The summed E-state index contributed by atoms with van der Waals surface area (Å²) in [5, 5.41) is 7.61. The second-order valence-electron chi connectivity index (χ2n) is 4.49. The molecule has 0 atom stereocenters. The second kappa shape index (κ2) is 5.23. The summed E-state index contributed by atoms with van der Waals surface area (Å²) in [5.74, 6) is 0. The van der Waals surface area contributed by atoms with Gasteiger partial charge in [0.15, 0.2) is 0 Å². The third-order valence-corrected chi connectivity index (χ3v) is 2.86. The summed E-state index contributed by atoms with van der Waals surface area (Å²) in [6.45, 7) is 0.169. The lowest BCUT2D eigenvalue weighted by Gasteiger charge is -2.22. The van der Waals surface area contributed by atoms with E-state index in [1.165, 1.54) is 9.58 Å². The van der Waals surface area contributed by atoms with Gasteiger partial charge in [0.1, 0.15) is 0 Å². The van der Waals surface area contributed by atoms with Crippen LogP contribution in [0, 0.1) is 0 Å². The molecule has 2 N–H and O–H groups in total. The second-order valence-corrected chi connectivity index (χ2v) is 4.49. The van der Waals surface area contributed by atoms with Crippen LogP contribution >= 0.6 is 0 Å². The highest BCUT2D eigenvalue weighted by Gasteiger charge is 2.37. The maximum absolute atomic E-state index is 12.4. The smallest absolute Gasteiger partial charge is 0.325 e. The number of nitrogens with zero attached hydrogens (tertiary/aromatic N) is 4. The summed E-state index contributed by atoms with van der Waals surface area (Å²) in [7, 11) is 0. The van der Waals surface area contributed by atoms with Gasteiger partial charge >= 0.3 is 6.18 Å². The van der Waals surface area contributed by atoms with Crippen LogP contribution in [0.1, 0.15) is 18.5 Å². The average molecular weight is 263 g/mol. The standard InChI is InChI=1S/C10H16F3N5/c11-10(12,13)7-17(9-1-2-9)3-4-18-6-8(5-14)15-16-18/h6,9H,1-5,7,14H2. The number of halogens is 3. The highest BCUT2D eigenvalue weighted by Crippen LogP contribution is 2.29. The van der Waals surface area contributed by atoms with Crippen LogP contribution in [0.15, 0.2) is 6.20 Å². The number of alkyl halides is 3. The third kappa shape index (κ3) is 3.95. The molecule has 1 aliphatic carbocycles. The van der Waals surface area contributed by atoms with Crippen LogP contribution in [0.5, 0.6) is 0 Å². The fourth-order valence-corrected chi connectivity index (χ4v) is 1.83. The SMILES string of the molecule is NCc1cn(CCN(CC(F)(F)F)C2CC2)nn1. The van der Waals surface area contributed by atoms with Crippen molar-refractivity contribution in [1.29, 1.82) is 0 Å². The zero-order valence-electron chi connectivity index (χ0n) is 9.90. The van der Waals surface area contributed by atoms with E-state index in [0.717, 1.165) is 12.8 Å². The van der Waals surface area contributed by atoms with E-state index in [4.69, 9.17) is 5.73 Å². The molecule has 102 valence electrons. The normalized spacial score (nSPS) is 16.5. The predicted molar refractivity (Wildman–Crippen MR) is 58.6 cm³/mol. The van der Waals surface area contributed by atoms with Gasteiger partial charge in [-0.1, -0.05) is 5.21 Å². The van der Waals surface area contributed by atoms with Gasteiger partial charge in [-0.2, -0.15) is 13.2 Å². The lowest BCUT2D eigenvalue weighted by Crippen LogP contribution is -2.38. The average Bonchev–Trinajstić information content (AvgIpc) is 3.02. The van der Waals surface area contributed by atoms with Crippen LogP contribution < -0.4 is 5.73 Å². The van der Waals surface area contributed by atoms with Crippen molar-refractivity contribution >= 4 is 0 Å². The summed E-state index contributed by atoms with van der Waals surface area (Å²) in [6.07, 6.45) is -0.783. The van der Waals surface area contributed by atoms with Crippen LogP contribution in [0.25, 0.3) is 0 Å². The first-order valence-corrected chi connectivity index (χ1v) is 5.88. The van der Waals surface area contributed by atoms with Gasteiger partial charge in [0.2, 0.25) is 0 Å². The molecule has 1 fully saturated rings. The minimum Gasteiger partial charge on any atom is -0.325 e. The number of hydrogen-bond acceptors (Lipinski definition) is 4. The molecule has 0 radical (unpaired) electrons. The molecule has 0 saturated heterocycles. The lowest BCUT2D eigenvalue weighted by molar-refractivity contribution is -0.147. The Balaban J connectivity index is 1.85. The first kappa shape index (κ1) is 13.3. The van der Waals surface area contributed by atoms with Crippen molar-refractivity contribution < 1.29 is 13.2 Å². The Bertz CT molecular complexity index is 385. The summed E-state index contributed by atoms with van der Waals surface area (Å²) in [5.41, 5.74) is 6.03. The van der Waals surface area contributed by atoms with Gasteiger partial charge in [-0.15, -0.1) is 5.10 Å². The molecule has 5 nitrogen and oxygen atoms in total. The van der Waals surface area contributed by atoms with Gasteiger partial charge < -0.3 is 5.73 Å². The molecule has 0 spiro atoms. The Labute approximate surface area is 103 Å². The van der Waals surface area contributed by atoms with Gasteiger partial charge in [-0.25, -0.2) is 0 Å². The molecule has 0 unspecified atom stereocenters. The number of hydrogen-bond donors (Lipinski definition) is 1. The Kier molecular flexibility index (Phi) is 3.86. The zero-order chi connectivity index (χ0) is 13.2. The lowest BCUT2D eigenvalue weighted by atomic mass is 10.4. The summed E-state index contributed by atoms with van der Waals surface area (Å²) in [6, 6.07) is 0.0733. The number of aromatic nitrogens is 3. The van der Waals surface area contributed by atoms with E-state index in [2.05, 4.69) is 10.3 Å². The van der Waals surface area contributed by atoms with Gasteiger partial charge in [0, 0.05) is 25.3 Å². The van der Waals surface area contributed by atoms with Crippen molar-refractivity contribution in [2.45, 2.75) is 38.1 Å². The zero-order valence-corrected chi connectivity index (χ0v) is 9.90. The predicted octanol–water partition coefficient (Wildman–Crippen LogP) is 0.763. The first-order valence-electron chi connectivity index (χ1n) is 5.88. The molecular formula is C10H16F3N5. The molecule has 8 heteroatoms. The Morgan fingerprint density at radius 1 is 1.44 bits per heavy atom. The van der Waals surface area contributed by atoms with Crippen LogP contribution in [0.4, 0.5) is 13.2 Å². The minimum absolute atomic E-state index is 0.0733. The Hall–Kier alpha value is -1.15. The molecule has 18 heavy (non-hydrogen) atoms. The van der Waals surface area contributed by atoms with Crippen molar-refractivity contribution in [2.24, 2.45) is 5.73 Å². The molecule has 0 bridgehead atoms. The van der Waals surface area contributed by atoms with E-state index in [1.54, 1.807) is 6.20 Å². The van der Waals surface area contributed by atoms with E-state index in [1.807, 2.05) is 0 Å². The monoisotopic (exact) mass is 263 g/mol. The summed E-state index contributed by atoms with van der Waals surface area (Å²) in [4.78, 5) is 1.46. The Morgan fingerprint density at radius 3 is 2.67 bits per heavy atom. The molecule has 1 aliphatic rings. The fraction of sp³-hybridized carbons (Fsp3) is 0.800. The van der Waals surface area contributed by atoms with Gasteiger partial charge in [-0.05, 0) is 12.8 Å². The third-order valence-electron chi connectivity index (χ3n) is 2.86.